The van der Waals surface area contributed by atoms with E-state index in [1.807, 2.05) is 30.3 Å². The number of phenols is 1. The molecule has 8 nitrogen and oxygen atoms in total. The largest absolute Gasteiger partial charge is 0.507 e. The van der Waals surface area contributed by atoms with Crippen molar-refractivity contribution in [3.63, 3.8) is 0 Å². The predicted molar refractivity (Wildman–Crippen MR) is 85.4 cm³/mol. The summed E-state index contributed by atoms with van der Waals surface area (Å²) in [5.41, 5.74) is 5.44. The lowest BCUT2D eigenvalue weighted by Crippen LogP contribution is -2.01. The lowest BCUT2D eigenvalue weighted by atomic mass is 10.2. The first-order valence-electron chi connectivity index (χ1n) is 6.87. The average Bonchev–Trinajstić information content (AvgIpc) is 3.07. The van der Waals surface area contributed by atoms with Crippen molar-refractivity contribution in [2.24, 2.45) is 5.10 Å². The van der Waals surface area contributed by atoms with Gasteiger partial charge < -0.3 is 5.11 Å². The van der Waals surface area contributed by atoms with Gasteiger partial charge in [0.25, 0.3) is 0 Å². The smallest absolute Gasteiger partial charge is 0.224 e. The number of nitrogens with one attached hydrogen (secondary N) is 1. The van der Waals surface area contributed by atoms with Gasteiger partial charge in [0.1, 0.15) is 5.75 Å². The lowest BCUT2D eigenvalue weighted by Gasteiger charge is -2.04. The van der Waals surface area contributed by atoms with Crippen LogP contribution in [0, 0.1) is 0 Å². The quantitative estimate of drug-likeness (QED) is 0.442. The molecule has 2 N–H and O–H groups in total. The van der Waals surface area contributed by atoms with Gasteiger partial charge in [0.15, 0.2) is 5.82 Å². The van der Waals surface area contributed by atoms with Crippen LogP contribution in [0.2, 0.25) is 0 Å². The van der Waals surface area contributed by atoms with Crippen molar-refractivity contribution in [2.75, 3.05) is 5.43 Å². The van der Waals surface area contributed by atoms with Gasteiger partial charge >= 0.3 is 0 Å². The molecule has 2 aromatic carbocycles. The van der Waals surface area contributed by atoms with Crippen molar-refractivity contribution in [3.8, 4) is 5.75 Å². The molecule has 112 valence electrons. The summed E-state index contributed by atoms with van der Waals surface area (Å²) in [6, 6.07) is 14.5. The fourth-order valence-corrected chi connectivity index (χ4v) is 2.24. The third kappa shape index (κ3) is 2.31. The van der Waals surface area contributed by atoms with Crippen LogP contribution in [0.3, 0.4) is 0 Å². The van der Waals surface area contributed by atoms with Gasteiger partial charge in [0, 0.05) is 5.56 Å². The van der Waals surface area contributed by atoms with Crippen molar-refractivity contribution in [1.82, 2.24) is 25.0 Å². The molecule has 2 aromatic heterocycles. The second-order valence-corrected chi connectivity index (χ2v) is 4.79. The van der Waals surface area contributed by atoms with E-state index in [9.17, 15) is 5.11 Å². The first kappa shape index (κ1) is 13.1. The molecule has 4 rings (SSSR count). The van der Waals surface area contributed by atoms with Gasteiger partial charge in [-0.3, -0.25) is 5.43 Å². The van der Waals surface area contributed by atoms with E-state index in [0.717, 1.165) is 11.0 Å². The van der Waals surface area contributed by atoms with Crippen molar-refractivity contribution >= 4 is 28.7 Å². The van der Waals surface area contributed by atoms with Crippen LogP contribution < -0.4 is 5.43 Å². The van der Waals surface area contributed by atoms with Gasteiger partial charge in [-0.1, -0.05) is 24.3 Å². The predicted octanol–water partition coefficient (Wildman–Crippen LogP) is 1.82. The summed E-state index contributed by atoms with van der Waals surface area (Å²) in [6.07, 6.45) is 1.51. The number of hydrazone groups is 1. The summed E-state index contributed by atoms with van der Waals surface area (Å²) in [6.45, 7) is 0. The molecular formula is C15H11N7O. The highest BCUT2D eigenvalue weighted by atomic mass is 16.3. The maximum absolute atomic E-state index is 9.72. The molecule has 0 saturated carbocycles. The number of benzene rings is 2. The Balaban J connectivity index is 1.73. The number of hydrogen-bond acceptors (Lipinski definition) is 7. The molecule has 2 heterocycles. The Morgan fingerprint density at radius 1 is 1.09 bits per heavy atom. The second-order valence-electron chi connectivity index (χ2n) is 4.79. The molecule has 0 unspecified atom stereocenters. The summed E-state index contributed by atoms with van der Waals surface area (Å²) < 4.78 is 1.60. The van der Waals surface area contributed by atoms with Gasteiger partial charge in [0.2, 0.25) is 5.65 Å². The normalized spacial score (nSPS) is 11.5. The van der Waals surface area contributed by atoms with Crippen LogP contribution in [0.5, 0.6) is 5.75 Å². The summed E-state index contributed by atoms with van der Waals surface area (Å²) in [5, 5.41) is 25.4. The summed E-state index contributed by atoms with van der Waals surface area (Å²) in [4.78, 5) is 4.48. The highest BCUT2D eigenvalue weighted by Gasteiger charge is 2.10. The molecule has 0 spiro atoms. The molecular weight excluding hydrogens is 294 g/mol. The fourth-order valence-electron chi connectivity index (χ4n) is 2.24. The lowest BCUT2D eigenvalue weighted by molar-refractivity contribution is 0.474. The van der Waals surface area contributed by atoms with Crippen LogP contribution in [0.4, 0.5) is 5.82 Å². The van der Waals surface area contributed by atoms with Gasteiger partial charge in [-0.2, -0.15) is 9.62 Å². The summed E-state index contributed by atoms with van der Waals surface area (Å²) in [7, 11) is 0. The number of fused-ring (bicyclic) bond motifs is 3. The highest BCUT2D eigenvalue weighted by Crippen LogP contribution is 2.19. The Kier molecular flexibility index (Phi) is 3.05. The molecule has 0 aliphatic heterocycles. The SMILES string of the molecule is Oc1ccccc1C=NNc1nc2ccccc2n2nnnc12. The number of tetrazole rings is 1. The number of hydrogen-bond donors (Lipinski definition) is 2. The maximum Gasteiger partial charge on any atom is 0.224 e. The van der Waals surface area contributed by atoms with E-state index >= 15 is 0 Å². The van der Waals surface area contributed by atoms with Crippen LogP contribution >= 0.6 is 0 Å². The third-order valence-corrected chi connectivity index (χ3v) is 3.33. The molecule has 0 aliphatic rings. The van der Waals surface area contributed by atoms with E-state index in [0.29, 0.717) is 17.0 Å². The van der Waals surface area contributed by atoms with Crippen molar-refractivity contribution < 1.29 is 5.11 Å². The minimum absolute atomic E-state index is 0.152. The zero-order valence-corrected chi connectivity index (χ0v) is 11.8. The van der Waals surface area contributed by atoms with Crippen LogP contribution in [-0.4, -0.2) is 36.3 Å². The molecule has 0 bridgehead atoms. The van der Waals surface area contributed by atoms with Crippen LogP contribution in [0.25, 0.3) is 16.7 Å². The molecule has 0 fully saturated rings. The van der Waals surface area contributed by atoms with Gasteiger partial charge in [-0.05, 0) is 34.7 Å². The topological polar surface area (TPSA) is 101 Å². The zero-order valence-electron chi connectivity index (χ0n) is 11.8. The molecule has 23 heavy (non-hydrogen) atoms. The van der Waals surface area contributed by atoms with E-state index in [1.54, 1.807) is 22.7 Å². The zero-order chi connectivity index (χ0) is 15.6. The highest BCUT2D eigenvalue weighted by molar-refractivity contribution is 5.85. The molecule has 0 radical (unpaired) electrons. The minimum atomic E-state index is 0.152. The number of nitrogens with zero attached hydrogens (tertiary/aromatic N) is 6. The Labute approximate surface area is 130 Å². The van der Waals surface area contributed by atoms with Gasteiger partial charge in [-0.25, -0.2) is 4.98 Å². The molecule has 0 aliphatic carbocycles. The van der Waals surface area contributed by atoms with E-state index in [2.05, 4.69) is 31.0 Å². The molecule has 4 aromatic rings. The fraction of sp³-hybridized carbons (Fsp3) is 0. The number of aromatic nitrogens is 5. The number of anilines is 1. The first-order valence-corrected chi connectivity index (χ1v) is 6.87. The van der Waals surface area contributed by atoms with Gasteiger partial charge in [-0.15, -0.1) is 5.10 Å². The minimum Gasteiger partial charge on any atom is -0.507 e. The number of para-hydroxylation sites is 3. The van der Waals surface area contributed by atoms with Crippen molar-refractivity contribution in [2.45, 2.75) is 0 Å². The van der Waals surface area contributed by atoms with Crippen molar-refractivity contribution in [1.29, 1.82) is 0 Å². The Morgan fingerprint density at radius 3 is 2.83 bits per heavy atom. The van der Waals surface area contributed by atoms with Crippen LogP contribution in [0.1, 0.15) is 5.56 Å². The summed E-state index contributed by atoms with van der Waals surface area (Å²) in [5.74, 6) is 0.583. The molecule has 0 amide bonds. The Bertz CT molecular complexity index is 1020. The van der Waals surface area contributed by atoms with Crippen LogP contribution in [0.15, 0.2) is 53.6 Å². The first-order chi connectivity index (χ1) is 11.3. The third-order valence-electron chi connectivity index (χ3n) is 3.33. The Hall–Kier alpha value is -3.55. The average molecular weight is 305 g/mol. The monoisotopic (exact) mass is 305 g/mol. The molecule has 0 atom stereocenters. The molecule has 8 heteroatoms. The summed E-state index contributed by atoms with van der Waals surface area (Å²) >= 11 is 0. The second kappa shape index (κ2) is 5.34. The van der Waals surface area contributed by atoms with E-state index in [4.69, 9.17) is 0 Å². The van der Waals surface area contributed by atoms with Gasteiger partial charge in [0.05, 0.1) is 17.2 Å². The van der Waals surface area contributed by atoms with E-state index in [1.165, 1.54) is 6.21 Å². The molecule has 0 saturated heterocycles. The number of rotatable bonds is 3. The maximum atomic E-state index is 9.72. The number of aromatic hydroxyl groups is 1. The van der Waals surface area contributed by atoms with Crippen LogP contribution in [-0.2, 0) is 0 Å². The van der Waals surface area contributed by atoms with E-state index < -0.39 is 0 Å². The number of phenolic OH excluding ortho intramolecular Hbond substituents is 1. The standard InChI is InChI=1S/C15H11N7O/c23-13-8-4-1-5-10(13)9-16-18-14-15-19-20-21-22(15)12-7-3-2-6-11(12)17-14/h1-9,23H,(H,17,18). The van der Waals surface area contributed by atoms with E-state index in [-0.39, 0.29) is 5.75 Å². The Morgan fingerprint density at radius 2 is 1.91 bits per heavy atom. The van der Waals surface area contributed by atoms with Crippen molar-refractivity contribution in [3.05, 3.63) is 54.1 Å².